The molecule has 24 heavy (non-hydrogen) atoms. The summed E-state index contributed by atoms with van der Waals surface area (Å²) in [6.07, 6.45) is 1.37. The quantitative estimate of drug-likeness (QED) is 0.926. The van der Waals surface area contributed by atoms with Crippen molar-refractivity contribution in [1.29, 1.82) is 0 Å². The third-order valence-corrected chi connectivity index (χ3v) is 4.47. The number of halogens is 1. The van der Waals surface area contributed by atoms with Crippen LogP contribution in [0.5, 0.6) is 0 Å². The van der Waals surface area contributed by atoms with Crippen LogP contribution in [0.25, 0.3) is 0 Å². The minimum atomic E-state index is -0.587. The maximum Gasteiger partial charge on any atom is 0.257 e. The maximum absolute atomic E-state index is 12.8. The topological polar surface area (TPSA) is 75.4 Å². The van der Waals surface area contributed by atoms with E-state index >= 15 is 0 Å². The minimum Gasteiger partial charge on any atom is -0.361 e. The molecule has 126 valence electrons. The van der Waals surface area contributed by atoms with E-state index in [0.29, 0.717) is 40.7 Å². The SMILES string of the molecule is Cc1noc(C)c1C(=O)N[C@@H]1CCCN(c2ccccc2Cl)C1=O. The standard InChI is InChI=1S/C17H18ClN3O3/c1-10-15(11(2)24-20-10)16(22)19-13-7-5-9-21(17(13)23)14-8-4-3-6-12(14)18/h3-4,6,8,13H,5,7,9H2,1-2H3,(H,19,22)/t13-/m1/s1. The Balaban J connectivity index is 1.79. The summed E-state index contributed by atoms with van der Waals surface area (Å²) < 4.78 is 5.01. The second-order valence-corrected chi connectivity index (χ2v) is 6.22. The van der Waals surface area contributed by atoms with Crippen LogP contribution in [0.2, 0.25) is 5.02 Å². The molecule has 1 aliphatic rings. The van der Waals surface area contributed by atoms with E-state index in [9.17, 15) is 9.59 Å². The van der Waals surface area contributed by atoms with Gasteiger partial charge < -0.3 is 14.7 Å². The number of nitrogens with one attached hydrogen (secondary N) is 1. The molecule has 0 spiro atoms. The highest BCUT2D eigenvalue weighted by Gasteiger charge is 2.32. The average Bonchev–Trinajstić information content (AvgIpc) is 2.89. The number of aryl methyl sites for hydroxylation is 2. The first-order valence-electron chi connectivity index (χ1n) is 7.78. The van der Waals surface area contributed by atoms with E-state index in [-0.39, 0.29) is 11.8 Å². The first-order valence-corrected chi connectivity index (χ1v) is 8.16. The van der Waals surface area contributed by atoms with Crippen molar-refractivity contribution >= 4 is 29.1 Å². The summed E-state index contributed by atoms with van der Waals surface area (Å²) in [5.74, 6) is -0.0590. The largest absolute Gasteiger partial charge is 0.361 e. The van der Waals surface area contributed by atoms with Crippen molar-refractivity contribution in [2.24, 2.45) is 0 Å². The van der Waals surface area contributed by atoms with E-state index in [1.54, 1.807) is 30.9 Å². The first kappa shape index (κ1) is 16.5. The smallest absolute Gasteiger partial charge is 0.257 e. The highest BCUT2D eigenvalue weighted by molar-refractivity contribution is 6.33. The number of nitrogens with zero attached hydrogens (tertiary/aromatic N) is 2. The van der Waals surface area contributed by atoms with Gasteiger partial charge in [-0.15, -0.1) is 0 Å². The van der Waals surface area contributed by atoms with Gasteiger partial charge >= 0.3 is 0 Å². The van der Waals surface area contributed by atoms with Crippen molar-refractivity contribution in [2.45, 2.75) is 32.7 Å². The van der Waals surface area contributed by atoms with Gasteiger partial charge in [-0.25, -0.2) is 0 Å². The van der Waals surface area contributed by atoms with Crippen molar-refractivity contribution in [3.8, 4) is 0 Å². The van der Waals surface area contributed by atoms with E-state index in [1.165, 1.54) is 0 Å². The molecule has 0 unspecified atom stereocenters. The van der Waals surface area contributed by atoms with Gasteiger partial charge in [0.05, 0.1) is 16.4 Å². The summed E-state index contributed by atoms with van der Waals surface area (Å²) in [6, 6.07) is 6.61. The van der Waals surface area contributed by atoms with E-state index in [1.807, 2.05) is 12.1 Å². The number of anilines is 1. The molecule has 1 aromatic carbocycles. The molecule has 1 aromatic heterocycles. The van der Waals surface area contributed by atoms with Crippen LogP contribution in [-0.2, 0) is 4.79 Å². The Morgan fingerprint density at radius 3 is 2.79 bits per heavy atom. The normalized spacial score (nSPS) is 17.9. The molecular formula is C17H18ClN3O3. The second-order valence-electron chi connectivity index (χ2n) is 5.81. The fourth-order valence-electron chi connectivity index (χ4n) is 2.96. The third-order valence-electron chi connectivity index (χ3n) is 4.15. The summed E-state index contributed by atoms with van der Waals surface area (Å²) in [6.45, 7) is 3.96. The zero-order chi connectivity index (χ0) is 17.3. The van der Waals surface area contributed by atoms with Gasteiger partial charge in [-0.1, -0.05) is 28.9 Å². The van der Waals surface area contributed by atoms with Gasteiger partial charge in [-0.05, 0) is 38.8 Å². The van der Waals surface area contributed by atoms with Gasteiger partial charge in [0.25, 0.3) is 5.91 Å². The highest BCUT2D eigenvalue weighted by atomic mass is 35.5. The van der Waals surface area contributed by atoms with Crippen LogP contribution in [0.3, 0.4) is 0 Å². The summed E-state index contributed by atoms with van der Waals surface area (Å²) in [7, 11) is 0. The Labute approximate surface area is 144 Å². The van der Waals surface area contributed by atoms with Crippen LogP contribution in [0.4, 0.5) is 5.69 Å². The van der Waals surface area contributed by atoms with Crippen LogP contribution in [0.1, 0.15) is 34.7 Å². The number of amides is 2. The van der Waals surface area contributed by atoms with Crippen molar-refractivity contribution in [3.63, 3.8) is 0 Å². The number of carbonyl (C=O) groups excluding carboxylic acids is 2. The Kier molecular flexibility index (Phi) is 4.57. The van der Waals surface area contributed by atoms with Crippen molar-refractivity contribution in [1.82, 2.24) is 10.5 Å². The number of benzene rings is 1. The number of carbonyl (C=O) groups is 2. The van der Waals surface area contributed by atoms with E-state index in [0.717, 1.165) is 6.42 Å². The Bertz CT molecular complexity index is 768. The zero-order valence-corrected chi connectivity index (χ0v) is 14.3. The molecule has 1 fully saturated rings. The molecule has 0 radical (unpaired) electrons. The summed E-state index contributed by atoms with van der Waals surface area (Å²) in [4.78, 5) is 26.9. The number of rotatable bonds is 3. The number of para-hydroxylation sites is 1. The van der Waals surface area contributed by atoms with Crippen LogP contribution < -0.4 is 10.2 Å². The molecule has 0 saturated carbocycles. The average molecular weight is 348 g/mol. The molecule has 2 aromatic rings. The fourth-order valence-corrected chi connectivity index (χ4v) is 3.19. The number of hydrogen-bond acceptors (Lipinski definition) is 4. The molecule has 1 atom stereocenters. The van der Waals surface area contributed by atoms with Crippen LogP contribution in [0.15, 0.2) is 28.8 Å². The van der Waals surface area contributed by atoms with Gasteiger partial charge in [0.15, 0.2) is 0 Å². The monoisotopic (exact) mass is 347 g/mol. The second kappa shape index (κ2) is 6.65. The van der Waals surface area contributed by atoms with Crippen molar-refractivity contribution in [3.05, 3.63) is 46.3 Å². The van der Waals surface area contributed by atoms with Crippen LogP contribution in [-0.4, -0.2) is 29.6 Å². The molecule has 7 heteroatoms. The van der Waals surface area contributed by atoms with Crippen molar-refractivity contribution in [2.75, 3.05) is 11.4 Å². The maximum atomic E-state index is 12.8. The molecule has 0 bridgehead atoms. The van der Waals surface area contributed by atoms with Gasteiger partial charge in [-0.3, -0.25) is 9.59 Å². The lowest BCUT2D eigenvalue weighted by Gasteiger charge is -2.33. The van der Waals surface area contributed by atoms with Gasteiger partial charge in [0.1, 0.15) is 17.4 Å². The summed E-state index contributed by atoms with van der Waals surface area (Å²) in [5, 5.41) is 7.09. The van der Waals surface area contributed by atoms with Crippen molar-refractivity contribution < 1.29 is 14.1 Å². The van der Waals surface area contributed by atoms with Crippen LogP contribution in [0, 0.1) is 13.8 Å². The first-order chi connectivity index (χ1) is 11.5. The third kappa shape index (κ3) is 3.01. The molecule has 3 rings (SSSR count). The lowest BCUT2D eigenvalue weighted by Crippen LogP contribution is -2.52. The summed E-state index contributed by atoms with van der Waals surface area (Å²) >= 11 is 6.20. The predicted octanol–water partition coefficient (Wildman–Crippen LogP) is 2.87. The molecule has 0 aliphatic carbocycles. The fraction of sp³-hybridized carbons (Fsp3) is 0.353. The Morgan fingerprint density at radius 2 is 2.12 bits per heavy atom. The van der Waals surface area contributed by atoms with E-state index in [4.69, 9.17) is 16.1 Å². The number of hydrogen-bond donors (Lipinski definition) is 1. The zero-order valence-electron chi connectivity index (χ0n) is 13.5. The molecule has 1 N–H and O–H groups in total. The van der Waals surface area contributed by atoms with Crippen LogP contribution >= 0.6 is 11.6 Å². The lowest BCUT2D eigenvalue weighted by atomic mass is 10.0. The molecule has 2 heterocycles. The Hall–Kier alpha value is -2.34. The van der Waals surface area contributed by atoms with E-state index in [2.05, 4.69) is 10.5 Å². The molecule has 1 aliphatic heterocycles. The molecule has 1 saturated heterocycles. The summed E-state index contributed by atoms with van der Waals surface area (Å²) in [5.41, 5.74) is 1.56. The number of piperidine rings is 1. The lowest BCUT2D eigenvalue weighted by molar-refractivity contribution is -0.121. The van der Waals surface area contributed by atoms with Gasteiger partial charge in [-0.2, -0.15) is 0 Å². The minimum absolute atomic E-state index is 0.158. The molecular weight excluding hydrogens is 330 g/mol. The molecule has 2 amide bonds. The molecule has 6 nitrogen and oxygen atoms in total. The predicted molar refractivity (Wildman–Crippen MR) is 90.3 cm³/mol. The highest BCUT2D eigenvalue weighted by Crippen LogP contribution is 2.28. The van der Waals surface area contributed by atoms with Gasteiger partial charge in [0, 0.05) is 6.54 Å². The Morgan fingerprint density at radius 1 is 1.38 bits per heavy atom. The van der Waals surface area contributed by atoms with E-state index < -0.39 is 6.04 Å². The number of aromatic nitrogens is 1. The van der Waals surface area contributed by atoms with Gasteiger partial charge in [0.2, 0.25) is 5.91 Å².